The lowest BCUT2D eigenvalue weighted by molar-refractivity contribution is -0.137. The second-order valence-corrected chi connectivity index (χ2v) is 7.05. The fraction of sp³-hybridized carbons (Fsp3) is 0.667. The van der Waals surface area contributed by atoms with E-state index in [0.717, 1.165) is 38.2 Å². The molecule has 2 fully saturated rings. The molecular weight excluding hydrogens is 288 g/mol. The fourth-order valence-corrected chi connectivity index (χ4v) is 4.24. The molecule has 0 aliphatic carbocycles. The first-order valence-corrected chi connectivity index (χ1v) is 8.68. The average Bonchev–Trinajstić information content (AvgIpc) is 2.87. The molecule has 0 aromatic carbocycles. The van der Waals surface area contributed by atoms with Gasteiger partial charge >= 0.3 is 0 Å². The third-order valence-corrected chi connectivity index (χ3v) is 5.82. The minimum absolute atomic E-state index is 0.0421. The van der Waals surface area contributed by atoms with Crippen LogP contribution < -0.4 is 5.32 Å². The van der Waals surface area contributed by atoms with Crippen LogP contribution in [-0.2, 0) is 11.3 Å². The minimum atomic E-state index is -0.0421. The molecule has 23 heavy (non-hydrogen) atoms. The monoisotopic (exact) mass is 316 g/mol. The van der Waals surface area contributed by atoms with Gasteiger partial charge in [0.2, 0.25) is 5.91 Å². The zero-order valence-corrected chi connectivity index (χ0v) is 14.5. The maximum atomic E-state index is 12.4. The molecule has 2 atom stereocenters. The Labute approximate surface area is 139 Å². The van der Waals surface area contributed by atoms with Gasteiger partial charge in [0.1, 0.15) is 5.82 Å². The maximum absolute atomic E-state index is 12.4. The summed E-state index contributed by atoms with van der Waals surface area (Å²) in [5.41, 5.74) is 1.19. The summed E-state index contributed by atoms with van der Waals surface area (Å²) in [4.78, 5) is 21.4. The first kappa shape index (κ1) is 16.2. The van der Waals surface area contributed by atoms with E-state index in [-0.39, 0.29) is 5.54 Å². The zero-order chi connectivity index (χ0) is 16.4. The van der Waals surface area contributed by atoms with Crippen molar-refractivity contribution in [2.45, 2.75) is 57.2 Å². The Morgan fingerprint density at radius 2 is 2.26 bits per heavy atom. The molecule has 2 saturated heterocycles. The predicted octanol–water partition coefficient (Wildman–Crippen LogP) is 2.49. The van der Waals surface area contributed by atoms with E-state index in [1.54, 1.807) is 0 Å². The molecule has 0 bridgehead atoms. The molecule has 0 radical (unpaired) electrons. The number of nitrogens with zero attached hydrogens (tertiary/aromatic N) is 3. The summed E-state index contributed by atoms with van der Waals surface area (Å²) in [6.07, 6.45) is 6.90. The van der Waals surface area contributed by atoms with Crippen molar-refractivity contribution in [1.82, 2.24) is 14.8 Å². The topological polar surface area (TPSA) is 48.5 Å². The van der Waals surface area contributed by atoms with Crippen LogP contribution in [0.25, 0.3) is 0 Å². The molecule has 3 rings (SSSR count). The van der Waals surface area contributed by atoms with E-state index in [9.17, 15) is 4.79 Å². The Kier molecular flexibility index (Phi) is 4.57. The number of likely N-dealkylation sites (N-methyl/N-ethyl adjacent to an activating group) is 1. The first-order chi connectivity index (χ1) is 11.1. The quantitative estimate of drug-likeness (QED) is 0.931. The van der Waals surface area contributed by atoms with Crippen molar-refractivity contribution in [3.05, 3.63) is 23.9 Å². The number of pyridine rings is 1. The van der Waals surface area contributed by atoms with Gasteiger partial charge in [-0.1, -0.05) is 12.5 Å². The molecule has 0 spiro atoms. The van der Waals surface area contributed by atoms with E-state index in [0.29, 0.717) is 18.4 Å². The summed E-state index contributed by atoms with van der Waals surface area (Å²) in [7, 11) is 3.91. The largest absolute Gasteiger partial charge is 0.373 e. The first-order valence-electron chi connectivity index (χ1n) is 8.68. The third kappa shape index (κ3) is 2.94. The van der Waals surface area contributed by atoms with Crippen molar-refractivity contribution in [2.75, 3.05) is 26.0 Å². The number of carbonyl (C=O) groups is 1. The number of nitrogens with one attached hydrogen (secondary N) is 1. The second-order valence-electron chi connectivity index (χ2n) is 7.05. The number of fused-ring (bicyclic) bond motifs is 1. The number of carbonyl (C=O) groups excluding carboxylic acids is 1. The lowest BCUT2D eigenvalue weighted by Gasteiger charge is -2.44. The van der Waals surface area contributed by atoms with Crippen LogP contribution in [0.5, 0.6) is 0 Å². The molecule has 126 valence electrons. The Morgan fingerprint density at radius 3 is 3.04 bits per heavy atom. The van der Waals surface area contributed by atoms with Crippen LogP contribution in [0.2, 0.25) is 0 Å². The molecule has 1 aromatic rings. The van der Waals surface area contributed by atoms with Crippen LogP contribution in [-0.4, -0.2) is 52.9 Å². The number of anilines is 1. The Bertz CT molecular complexity index is 576. The molecule has 0 unspecified atom stereocenters. The highest BCUT2D eigenvalue weighted by atomic mass is 16.2. The number of hydrogen-bond donors (Lipinski definition) is 1. The van der Waals surface area contributed by atoms with Crippen molar-refractivity contribution < 1.29 is 4.79 Å². The molecule has 5 heteroatoms. The lowest BCUT2D eigenvalue weighted by Crippen LogP contribution is -2.56. The molecule has 1 amide bonds. The van der Waals surface area contributed by atoms with Gasteiger partial charge in [-0.25, -0.2) is 4.98 Å². The van der Waals surface area contributed by atoms with Crippen LogP contribution in [0.1, 0.15) is 44.6 Å². The van der Waals surface area contributed by atoms with Crippen LogP contribution >= 0.6 is 0 Å². The molecule has 2 aliphatic heterocycles. The third-order valence-electron chi connectivity index (χ3n) is 5.82. The summed E-state index contributed by atoms with van der Waals surface area (Å²) < 4.78 is 0. The normalized spacial score (nSPS) is 29.1. The number of hydrogen-bond acceptors (Lipinski definition) is 4. The van der Waals surface area contributed by atoms with E-state index in [1.807, 2.05) is 31.3 Å². The highest BCUT2D eigenvalue weighted by molar-refractivity contribution is 5.77. The summed E-state index contributed by atoms with van der Waals surface area (Å²) in [6.45, 7) is 4.20. The number of rotatable bonds is 3. The van der Waals surface area contributed by atoms with Gasteiger partial charge in [-0.05, 0) is 32.3 Å². The van der Waals surface area contributed by atoms with Crippen molar-refractivity contribution >= 4 is 11.7 Å². The molecule has 0 saturated carbocycles. The van der Waals surface area contributed by atoms with Gasteiger partial charge in [0.25, 0.3) is 0 Å². The molecular formula is C18H28N4O. The zero-order valence-electron chi connectivity index (χ0n) is 14.5. The Morgan fingerprint density at radius 1 is 1.43 bits per heavy atom. The molecule has 2 aliphatic rings. The van der Waals surface area contributed by atoms with Gasteiger partial charge < -0.3 is 10.2 Å². The van der Waals surface area contributed by atoms with Crippen LogP contribution in [0.3, 0.4) is 0 Å². The minimum Gasteiger partial charge on any atom is -0.373 e. The number of amides is 1. The van der Waals surface area contributed by atoms with Crippen molar-refractivity contribution in [3.8, 4) is 0 Å². The van der Waals surface area contributed by atoms with Crippen molar-refractivity contribution in [2.24, 2.45) is 0 Å². The van der Waals surface area contributed by atoms with Gasteiger partial charge in [0.05, 0.1) is 5.54 Å². The number of aromatic nitrogens is 1. The van der Waals surface area contributed by atoms with Crippen LogP contribution in [0, 0.1) is 0 Å². The van der Waals surface area contributed by atoms with Crippen LogP contribution in [0.4, 0.5) is 5.82 Å². The maximum Gasteiger partial charge on any atom is 0.222 e. The highest BCUT2D eigenvalue weighted by Crippen LogP contribution is 2.39. The predicted molar refractivity (Wildman–Crippen MR) is 92.2 cm³/mol. The molecule has 5 nitrogen and oxygen atoms in total. The van der Waals surface area contributed by atoms with Gasteiger partial charge in [0.15, 0.2) is 0 Å². The second kappa shape index (κ2) is 6.48. The molecule has 3 heterocycles. The van der Waals surface area contributed by atoms with E-state index >= 15 is 0 Å². The smallest absolute Gasteiger partial charge is 0.222 e. The average molecular weight is 316 g/mol. The summed E-state index contributed by atoms with van der Waals surface area (Å²) >= 11 is 0. The summed E-state index contributed by atoms with van der Waals surface area (Å²) in [5, 5.41) is 3.19. The Hall–Kier alpha value is -1.62. The van der Waals surface area contributed by atoms with Crippen molar-refractivity contribution in [1.29, 1.82) is 0 Å². The van der Waals surface area contributed by atoms with Crippen LogP contribution in [0.15, 0.2) is 18.3 Å². The van der Waals surface area contributed by atoms with E-state index in [1.165, 1.54) is 12.0 Å². The SMILES string of the molecule is CNc1ncccc1CN1CC[C@]2(C)[C@H]1CCCCC(=O)N2C. The number of likely N-dealkylation sites (tertiary alicyclic amines) is 2. The Balaban J connectivity index is 1.83. The van der Waals surface area contributed by atoms with Crippen molar-refractivity contribution in [3.63, 3.8) is 0 Å². The van der Waals surface area contributed by atoms with E-state index in [4.69, 9.17) is 0 Å². The highest BCUT2D eigenvalue weighted by Gasteiger charge is 2.48. The standard InChI is InChI=1S/C18H28N4O/c1-18-10-12-22(13-14-7-6-11-20-17(14)19-2)15(18)8-4-5-9-16(23)21(18)3/h6-7,11,15H,4-5,8-10,12-13H2,1-3H3,(H,19,20)/t15-,18-/m1/s1. The van der Waals surface area contributed by atoms with E-state index in [2.05, 4.69) is 28.2 Å². The molecule has 1 aromatic heterocycles. The van der Waals surface area contributed by atoms with Gasteiger partial charge in [-0.3, -0.25) is 9.69 Å². The van der Waals surface area contributed by atoms with E-state index < -0.39 is 0 Å². The van der Waals surface area contributed by atoms with Gasteiger partial charge in [-0.2, -0.15) is 0 Å². The lowest BCUT2D eigenvalue weighted by atomic mass is 9.85. The van der Waals surface area contributed by atoms with Gasteiger partial charge in [-0.15, -0.1) is 0 Å². The van der Waals surface area contributed by atoms with Gasteiger partial charge in [0, 0.05) is 51.4 Å². The summed E-state index contributed by atoms with van der Waals surface area (Å²) in [5.74, 6) is 1.26. The fourth-order valence-electron chi connectivity index (χ4n) is 4.24. The summed E-state index contributed by atoms with van der Waals surface area (Å²) in [6, 6.07) is 4.58. The molecule has 1 N–H and O–H groups in total.